The Labute approximate surface area is 79.1 Å². The summed E-state index contributed by atoms with van der Waals surface area (Å²) >= 11 is 0. The predicted molar refractivity (Wildman–Crippen MR) is 48.4 cm³/mol. The Hall–Kier alpha value is -2.11. The second-order valence-corrected chi connectivity index (χ2v) is 2.71. The molecule has 2 rings (SSSR count). The van der Waals surface area contributed by atoms with Crippen LogP contribution in [0.2, 0.25) is 0 Å². The molecule has 0 fully saturated rings. The minimum absolute atomic E-state index is 0.108. The van der Waals surface area contributed by atoms with Crippen molar-refractivity contribution < 1.29 is 0 Å². The third-order valence-electron chi connectivity index (χ3n) is 1.59. The smallest absolute Gasteiger partial charge is 0.219 e. The normalized spacial score (nSPS) is 10.1. The fourth-order valence-electron chi connectivity index (χ4n) is 0.962. The zero-order valence-electron chi connectivity index (χ0n) is 7.43. The van der Waals surface area contributed by atoms with Gasteiger partial charge < -0.3 is 4.98 Å². The Morgan fingerprint density at radius 3 is 2.57 bits per heavy atom. The Bertz CT molecular complexity index is 490. The van der Waals surface area contributed by atoms with E-state index in [4.69, 9.17) is 0 Å². The lowest BCUT2D eigenvalue weighted by Crippen LogP contribution is -2.03. The minimum atomic E-state index is -0.108. The average Bonchev–Trinajstić information content (AvgIpc) is 2.19. The summed E-state index contributed by atoms with van der Waals surface area (Å²) in [6.45, 7) is 1.69. The van der Waals surface area contributed by atoms with Gasteiger partial charge in [0.1, 0.15) is 0 Å². The fraction of sp³-hybridized carbons (Fsp3) is 0.125. The lowest BCUT2D eigenvalue weighted by Gasteiger charge is -1.96. The molecule has 0 radical (unpaired) electrons. The van der Waals surface area contributed by atoms with Crippen molar-refractivity contribution in [2.24, 2.45) is 0 Å². The van der Waals surface area contributed by atoms with Crippen LogP contribution in [0.15, 0.2) is 23.1 Å². The van der Waals surface area contributed by atoms with Crippen molar-refractivity contribution >= 4 is 0 Å². The van der Waals surface area contributed by atoms with Gasteiger partial charge in [-0.05, 0) is 6.92 Å². The van der Waals surface area contributed by atoms with E-state index < -0.39 is 0 Å². The van der Waals surface area contributed by atoms with Gasteiger partial charge in [-0.15, -0.1) is 20.4 Å². The maximum atomic E-state index is 11.0. The number of nitrogens with zero attached hydrogens (tertiary/aromatic N) is 4. The first-order valence-corrected chi connectivity index (χ1v) is 3.99. The Morgan fingerprint density at radius 1 is 1.21 bits per heavy atom. The van der Waals surface area contributed by atoms with E-state index in [0.29, 0.717) is 17.3 Å². The number of aromatic nitrogens is 5. The van der Waals surface area contributed by atoms with E-state index in [1.54, 1.807) is 6.92 Å². The van der Waals surface area contributed by atoms with Crippen molar-refractivity contribution in [3.05, 3.63) is 34.4 Å². The molecule has 0 unspecified atom stereocenters. The lowest BCUT2D eigenvalue weighted by atomic mass is 10.3. The molecule has 6 nitrogen and oxygen atoms in total. The van der Waals surface area contributed by atoms with E-state index in [9.17, 15) is 4.79 Å². The first-order valence-electron chi connectivity index (χ1n) is 3.99. The SMILES string of the molecule is Cc1nnc(-c2cc(=O)cc[nH]2)nn1. The third-order valence-corrected chi connectivity index (χ3v) is 1.59. The van der Waals surface area contributed by atoms with E-state index >= 15 is 0 Å². The number of nitrogens with one attached hydrogen (secondary N) is 1. The van der Waals surface area contributed by atoms with E-state index in [-0.39, 0.29) is 5.43 Å². The maximum Gasteiger partial charge on any atom is 0.219 e. The standard InChI is InChI=1S/C8H7N5O/c1-5-10-12-8(13-11-5)7-4-6(14)2-3-9-7/h2-4H,1H3,(H,9,14). The summed E-state index contributed by atoms with van der Waals surface area (Å²) in [5.41, 5.74) is 0.403. The molecule has 0 saturated heterocycles. The second kappa shape index (κ2) is 3.33. The van der Waals surface area contributed by atoms with Crippen LogP contribution in [0.3, 0.4) is 0 Å². The number of rotatable bonds is 1. The van der Waals surface area contributed by atoms with Crippen LogP contribution in [-0.4, -0.2) is 25.4 Å². The lowest BCUT2D eigenvalue weighted by molar-refractivity contribution is 0.812. The summed E-state index contributed by atoms with van der Waals surface area (Å²) in [6.07, 6.45) is 1.53. The van der Waals surface area contributed by atoms with Gasteiger partial charge in [-0.3, -0.25) is 4.79 Å². The highest BCUT2D eigenvalue weighted by Crippen LogP contribution is 2.04. The van der Waals surface area contributed by atoms with Gasteiger partial charge in [0.15, 0.2) is 11.3 Å². The molecule has 70 valence electrons. The largest absolute Gasteiger partial charge is 0.358 e. The Kier molecular flexibility index (Phi) is 2.02. The molecule has 0 aliphatic heterocycles. The Morgan fingerprint density at radius 2 is 1.93 bits per heavy atom. The van der Waals surface area contributed by atoms with Crippen LogP contribution in [-0.2, 0) is 0 Å². The summed E-state index contributed by atoms with van der Waals surface area (Å²) in [7, 11) is 0. The van der Waals surface area contributed by atoms with Crippen LogP contribution in [0, 0.1) is 6.92 Å². The number of aromatic amines is 1. The third kappa shape index (κ3) is 1.63. The average molecular weight is 189 g/mol. The van der Waals surface area contributed by atoms with Gasteiger partial charge >= 0.3 is 0 Å². The zero-order valence-corrected chi connectivity index (χ0v) is 7.43. The summed E-state index contributed by atoms with van der Waals surface area (Å²) in [6, 6.07) is 2.81. The summed E-state index contributed by atoms with van der Waals surface area (Å²) < 4.78 is 0. The summed E-state index contributed by atoms with van der Waals surface area (Å²) in [4.78, 5) is 13.9. The van der Waals surface area contributed by atoms with E-state index in [1.807, 2.05) is 0 Å². The second-order valence-electron chi connectivity index (χ2n) is 2.71. The first kappa shape index (κ1) is 8.49. The van der Waals surface area contributed by atoms with Gasteiger partial charge in [-0.25, -0.2) is 0 Å². The minimum Gasteiger partial charge on any atom is -0.358 e. The molecule has 0 amide bonds. The van der Waals surface area contributed by atoms with Crippen molar-refractivity contribution in [2.45, 2.75) is 6.92 Å². The van der Waals surface area contributed by atoms with Crippen molar-refractivity contribution in [3.63, 3.8) is 0 Å². The van der Waals surface area contributed by atoms with Crippen LogP contribution in [0.25, 0.3) is 11.5 Å². The van der Waals surface area contributed by atoms with E-state index in [2.05, 4.69) is 25.4 Å². The highest BCUT2D eigenvalue weighted by atomic mass is 16.1. The Balaban J connectivity index is 2.50. The van der Waals surface area contributed by atoms with E-state index in [1.165, 1.54) is 18.3 Å². The number of hydrogen-bond acceptors (Lipinski definition) is 5. The molecule has 0 spiro atoms. The van der Waals surface area contributed by atoms with Gasteiger partial charge in [-0.1, -0.05) is 0 Å². The van der Waals surface area contributed by atoms with Crippen molar-refractivity contribution in [1.82, 2.24) is 25.4 Å². The highest BCUT2D eigenvalue weighted by Gasteiger charge is 2.02. The summed E-state index contributed by atoms with van der Waals surface area (Å²) in [5.74, 6) is 0.806. The maximum absolute atomic E-state index is 11.0. The number of pyridine rings is 1. The predicted octanol–water partition coefficient (Wildman–Crippen LogP) is -0.0697. The molecule has 2 heterocycles. The quantitative estimate of drug-likeness (QED) is 0.678. The van der Waals surface area contributed by atoms with Gasteiger partial charge in [0.05, 0.1) is 5.69 Å². The fourth-order valence-corrected chi connectivity index (χ4v) is 0.962. The van der Waals surface area contributed by atoms with Crippen molar-refractivity contribution in [1.29, 1.82) is 0 Å². The topological polar surface area (TPSA) is 84.4 Å². The molecule has 0 aliphatic carbocycles. The van der Waals surface area contributed by atoms with Crippen LogP contribution in [0.4, 0.5) is 0 Å². The molecular weight excluding hydrogens is 182 g/mol. The molecule has 2 aromatic rings. The van der Waals surface area contributed by atoms with Crippen LogP contribution in [0.1, 0.15) is 5.82 Å². The molecule has 1 N–H and O–H groups in total. The van der Waals surface area contributed by atoms with Crippen LogP contribution >= 0.6 is 0 Å². The molecule has 2 aromatic heterocycles. The number of H-pyrrole nitrogens is 1. The molecule has 0 bridgehead atoms. The van der Waals surface area contributed by atoms with Crippen molar-refractivity contribution in [2.75, 3.05) is 0 Å². The molecule has 0 aliphatic rings. The molecule has 6 heteroatoms. The molecule has 14 heavy (non-hydrogen) atoms. The number of aryl methyl sites for hydroxylation is 1. The molecule has 0 aromatic carbocycles. The molecule has 0 saturated carbocycles. The number of hydrogen-bond donors (Lipinski definition) is 1. The zero-order chi connectivity index (χ0) is 9.97. The first-order chi connectivity index (χ1) is 6.75. The highest BCUT2D eigenvalue weighted by molar-refractivity contribution is 5.46. The van der Waals surface area contributed by atoms with Gasteiger partial charge in [0, 0.05) is 18.3 Å². The van der Waals surface area contributed by atoms with Gasteiger partial charge in [0.2, 0.25) is 5.82 Å². The van der Waals surface area contributed by atoms with E-state index in [0.717, 1.165) is 0 Å². The van der Waals surface area contributed by atoms with Crippen LogP contribution in [0.5, 0.6) is 0 Å². The molecular formula is C8H7N5O. The monoisotopic (exact) mass is 189 g/mol. The summed E-state index contributed by atoms with van der Waals surface area (Å²) in [5, 5.41) is 15.1. The van der Waals surface area contributed by atoms with Crippen molar-refractivity contribution in [3.8, 4) is 11.5 Å². The molecule has 0 atom stereocenters. The van der Waals surface area contributed by atoms with Gasteiger partial charge in [0.25, 0.3) is 0 Å². The van der Waals surface area contributed by atoms with Crippen LogP contribution < -0.4 is 5.43 Å². The van der Waals surface area contributed by atoms with Gasteiger partial charge in [-0.2, -0.15) is 0 Å².